The third-order valence-corrected chi connectivity index (χ3v) is 4.66. The topological polar surface area (TPSA) is 45.2 Å². The molecule has 4 nitrogen and oxygen atoms in total. The number of carbonyl (C=O) groups excluding carboxylic acids is 1. The molecule has 2 aromatic carbocycles. The van der Waals surface area contributed by atoms with E-state index in [4.69, 9.17) is 17.2 Å². The van der Waals surface area contributed by atoms with Crippen molar-refractivity contribution in [1.82, 2.24) is 15.2 Å². The molecule has 1 aromatic heterocycles. The van der Waals surface area contributed by atoms with Crippen LogP contribution in [0.1, 0.15) is 24.2 Å². The first kappa shape index (κ1) is 18.0. The summed E-state index contributed by atoms with van der Waals surface area (Å²) >= 11 is 5.38. The van der Waals surface area contributed by atoms with Crippen molar-refractivity contribution in [2.24, 2.45) is 0 Å². The second-order valence-electron chi connectivity index (χ2n) is 5.87. The van der Waals surface area contributed by atoms with Crippen molar-refractivity contribution in [3.63, 3.8) is 0 Å². The van der Waals surface area contributed by atoms with E-state index in [0.29, 0.717) is 10.7 Å². The van der Waals surface area contributed by atoms with E-state index in [2.05, 4.69) is 5.32 Å². The fraction of sp³-hybridized carbons (Fsp3) is 0.190. The van der Waals surface area contributed by atoms with E-state index in [0.717, 1.165) is 35.2 Å². The van der Waals surface area contributed by atoms with Crippen molar-refractivity contribution < 1.29 is 4.79 Å². The molecular weight excluding hydrogens is 342 g/mol. The van der Waals surface area contributed by atoms with Gasteiger partial charge in [0.2, 0.25) is 0 Å². The highest BCUT2D eigenvalue weighted by Gasteiger charge is 2.16. The van der Waals surface area contributed by atoms with Crippen LogP contribution in [0, 0.1) is 0 Å². The molecule has 0 unspecified atom stereocenters. The Morgan fingerprint density at radius 1 is 1.04 bits per heavy atom. The summed E-state index contributed by atoms with van der Waals surface area (Å²) in [4.78, 5) is 19.6. The summed E-state index contributed by atoms with van der Waals surface area (Å²) in [6.45, 7) is 5.53. The number of amides is 1. The number of hydrogen-bond donors (Lipinski definition) is 1. The van der Waals surface area contributed by atoms with Gasteiger partial charge in [0.1, 0.15) is 0 Å². The molecule has 0 aliphatic rings. The number of nitrogens with one attached hydrogen (secondary N) is 1. The number of benzene rings is 2. The van der Waals surface area contributed by atoms with Gasteiger partial charge < -0.3 is 4.90 Å². The van der Waals surface area contributed by atoms with E-state index in [1.54, 1.807) is 0 Å². The lowest BCUT2D eigenvalue weighted by Gasteiger charge is -2.22. The predicted octanol–water partition coefficient (Wildman–Crippen LogP) is 4.26. The van der Waals surface area contributed by atoms with Crippen LogP contribution in [0.3, 0.4) is 0 Å². The van der Waals surface area contributed by atoms with Crippen LogP contribution in [-0.2, 0) is 0 Å². The van der Waals surface area contributed by atoms with Gasteiger partial charge in [0.05, 0.1) is 16.8 Å². The van der Waals surface area contributed by atoms with Crippen molar-refractivity contribution >= 4 is 34.1 Å². The van der Waals surface area contributed by atoms with Gasteiger partial charge in [-0.2, -0.15) is 0 Å². The van der Waals surface area contributed by atoms with Crippen molar-refractivity contribution in [2.45, 2.75) is 13.8 Å². The van der Waals surface area contributed by atoms with Crippen LogP contribution in [0.25, 0.3) is 22.2 Å². The van der Waals surface area contributed by atoms with Crippen LogP contribution in [0.2, 0.25) is 0 Å². The van der Waals surface area contributed by atoms with Crippen LogP contribution >= 0.6 is 12.2 Å². The van der Waals surface area contributed by atoms with Gasteiger partial charge >= 0.3 is 0 Å². The minimum Gasteiger partial charge on any atom is -0.350 e. The number of thiocarbonyl (C=S) groups is 1. The molecule has 3 rings (SSSR count). The molecule has 1 N–H and O–H groups in total. The Morgan fingerprint density at radius 2 is 1.69 bits per heavy atom. The number of rotatable bonds is 4. The number of para-hydroxylation sites is 1. The third-order valence-electron chi connectivity index (χ3n) is 4.30. The average Bonchev–Trinajstić information content (AvgIpc) is 2.68. The van der Waals surface area contributed by atoms with E-state index in [1.165, 1.54) is 0 Å². The van der Waals surface area contributed by atoms with Crippen LogP contribution in [0.5, 0.6) is 0 Å². The largest absolute Gasteiger partial charge is 0.350 e. The lowest BCUT2D eigenvalue weighted by atomic mass is 10.0. The lowest BCUT2D eigenvalue weighted by molar-refractivity contribution is 0.0975. The van der Waals surface area contributed by atoms with E-state index in [1.807, 2.05) is 79.4 Å². The molecule has 5 heteroatoms. The molecule has 26 heavy (non-hydrogen) atoms. The van der Waals surface area contributed by atoms with E-state index in [9.17, 15) is 4.79 Å². The molecule has 0 spiro atoms. The molecular formula is C21H21N3OS. The molecule has 0 atom stereocenters. The smallest absolute Gasteiger partial charge is 0.258 e. The quantitative estimate of drug-likeness (QED) is 0.704. The Kier molecular flexibility index (Phi) is 5.58. The maximum atomic E-state index is 12.9. The van der Waals surface area contributed by atoms with Crippen molar-refractivity contribution in [2.75, 3.05) is 13.1 Å². The first-order chi connectivity index (χ1) is 12.6. The fourth-order valence-electron chi connectivity index (χ4n) is 2.87. The Morgan fingerprint density at radius 3 is 2.38 bits per heavy atom. The highest BCUT2D eigenvalue weighted by molar-refractivity contribution is 7.80. The van der Waals surface area contributed by atoms with Gasteiger partial charge in [-0.1, -0.05) is 48.5 Å². The van der Waals surface area contributed by atoms with Gasteiger partial charge in [0.15, 0.2) is 5.11 Å². The Balaban J connectivity index is 2.04. The molecule has 132 valence electrons. The van der Waals surface area contributed by atoms with Crippen LogP contribution in [0.15, 0.2) is 60.7 Å². The molecule has 0 fully saturated rings. The average molecular weight is 363 g/mol. The SMILES string of the molecule is CCN(CC)C(=S)NC(=O)c1cc(-c2ccccc2)nc2ccccc12. The zero-order valence-corrected chi connectivity index (χ0v) is 15.7. The van der Waals surface area contributed by atoms with Gasteiger partial charge in [-0.15, -0.1) is 0 Å². The predicted molar refractivity (Wildman–Crippen MR) is 110 cm³/mol. The van der Waals surface area contributed by atoms with Gasteiger partial charge in [-0.3, -0.25) is 10.1 Å². The van der Waals surface area contributed by atoms with Crippen LogP contribution in [-0.4, -0.2) is 34.0 Å². The summed E-state index contributed by atoms with van der Waals surface area (Å²) in [6.07, 6.45) is 0. The van der Waals surface area contributed by atoms with E-state index < -0.39 is 0 Å². The molecule has 0 aliphatic heterocycles. The number of fused-ring (bicyclic) bond motifs is 1. The summed E-state index contributed by atoms with van der Waals surface area (Å²) < 4.78 is 0. The van der Waals surface area contributed by atoms with Crippen molar-refractivity contribution in [3.05, 3.63) is 66.2 Å². The molecule has 3 aromatic rings. The van der Waals surface area contributed by atoms with Gasteiger partial charge in [0.25, 0.3) is 5.91 Å². The molecule has 0 saturated heterocycles. The van der Waals surface area contributed by atoms with Crippen molar-refractivity contribution in [3.8, 4) is 11.3 Å². The highest BCUT2D eigenvalue weighted by Crippen LogP contribution is 2.24. The maximum Gasteiger partial charge on any atom is 0.258 e. The fourth-order valence-corrected chi connectivity index (χ4v) is 3.23. The summed E-state index contributed by atoms with van der Waals surface area (Å²) in [6, 6.07) is 19.3. The molecule has 0 aliphatic carbocycles. The molecule has 0 saturated carbocycles. The van der Waals surface area contributed by atoms with Crippen molar-refractivity contribution in [1.29, 1.82) is 0 Å². The highest BCUT2D eigenvalue weighted by atomic mass is 32.1. The second kappa shape index (κ2) is 8.06. The Labute approximate surface area is 158 Å². The zero-order chi connectivity index (χ0) is 18.5. The Bertz CT molecular complexity index is 936. The summed E-state index contributed by atoms with van der Waals surface area (Å²) in [5.41, 5.74) is 3.10. The van der Waals surface area contributed by atoms with E-state index >= 15 is 0 Å². The van der Waals surface area contributed by atoms with Gasteiger partial charge in [0, 0.05) is 24.0 Å². The lowest BCUT2D eigenvalue weighted by Crippen LogP contribution is -2.42. The monoisotopic (exact) mass is 363 g/mol. The number of carbonyl (C=O) groups is 1. The maximum absolute atomic E-state index is 12.9. The second-order valence-corrected chi connectivity index (χ2v) is 6.26. The molecule has 1 heterocycles. The van der Waals surface area contributed by atoms with Crippen LogP contribution in [0.4, 0.5) is 0 Å². The molecule has 1 amide bonds. The first-order valence-corrected chi connectivity index (χ1v) is 9.10. The van der Waals surface area contributed by atoms with Gasteiger partial charge in [-0.05, 0) is 38.2 Å². The number of nitrogens with zero attached hydrogens (tertiary/aromatic N) is 2. The molecule has 0 radical (unpaired) electrons. The number of pyridine rings is 1. The first-order valence-electron chi connectivity index (χ1n) is 8.69. The summed E-state index contributed by atoms with van der Waals surface area (Å²) in [7, 11) is 0. The summed E-state index contributed by atoms with van der Waals surface area (Å²) in [5, 5.41) is 4.12. The standard InChI is InChI=1S/C21H21N3OS/c1-3-24(4-2)21(26)23-20(25)17-14-19(15-10-6-5-7-11-15)22-18-13-9-8-12-16(17)18/h5-14H,3-4H2,1-2H3,(H,23,25,26). The molecule has 0 bridgehead atoms. The minimum absolute atomic E-state index is 0.210. The minimum atomic E-state index is -0.210. The Hall–Kier alpha value is -2.79. The third kappa shape index (κ3) is 3.73. The summed E-state index contributed by atoms with van der Waals surface area (Å²) in [5.74, 6) is -0.210. The number of hydrogen-bond acceptors (Lipinski definition) is 3. The van der Waals surface area contributed by atoms with Gasteiger partial charge in [-0.25, -0.2) is 4.98 Å². The van der Waals surface area contributed by atoms with Crippen LogP contribution < -0.4 is 5.32 Å². The normalized spacial score (nSPS) is 10.5. The number of aromatic nitrogens is 1. The van der Waals surface area contributed by atoms with E-state index in [-0.39, 0.29) is 5.91 Å². The zero-order valence-electron chi connectivity index (χ0n) is 14.9.